The number of hydrogen-bond acceptors (Lipinski definition) is 2. The number of nitrogens with zero attached hydrogens (tertiary/aromatic N) is 1. The molecule has 0 aliphatic carbocycles. The fraction of sp³-hybridized carbons (Fsp3) is 0.636. The Morgan fingerprint density at radius 3 is 2.92 bits per heavy atom. The summed E-state index contributed by atoms with van der Waals surface area (Å²) >= 11 is 4.36. The summed E-state index contributed by atoms with van der Waals surface area (Å²) in [5, 5.41) is 0. The van der Waals surface area contributed by atoms with E-state index in [0.29, 0.717) is 5.92 Å². The van der Waals surface area contributed by atoms with Gasteiger partial charge >= 0.3 is 0 Å². The van der Waals surface area contributed by atoms with Gasteiger partial charge in [0.25, 0.3) is 0 Å². The summed E-state index contributed by atoms with van der Waals surface area (Å²) in [6, 6.07) is 0.733. The highest BCUT2D eigenvalue weighted by atomic mass is 32.1. The number of fused-ring (bicyclic) bond motifs is 1. The lowest BCUT2D eigenvalue weighted by Crippen LogP contribution is -2.53. The van der Waals surface area contributed by atoms with Crippen molar-refractivity contribution < 1.29 is 0 Å². The van der Waals surface area contributed by atoms with Crippen LogP contribution in [-0.4, -0.2) is 16.7 Å². The van der Waals surface area contributed by atoms with E-state index >= 15 is 0 Å². The maximum absolute atomic E-state index is 4.36. The van der Waals surface area contributed by atoms with Crippen LogP contribution in [0, 0.1) is 5.92 Å². The van der Waals surface area contributed by atoms with Crippen LogP contribution in [0.25, 0.3) is 0 Å². The molecule has 13 heavy (non-hydrogen) atoms. The van der Waals surface area contributed by atoms with Crippen molar-refractivity contribution in [2.45, 2.75) is 32.7 Å². The van der Waals surface area contributed by atoms with Crippen molar-refractivity contribution in [1.82, 2.24) is 4.90 Å². The van der Waals surface area contributed by atoms with E-state index in [4.69, 9.17) is 0 Å². The molecule has 0 amide bonds. The number of rotatable bonds is 1. The molecule has 2 heteroatoms. The highest BCUT2D eigenvalue weighted by molar-refractivity contribution is 7.80. The molecule has 1 saturated heterocycles. The van der Waals surface area contributed by atoms with Gasteiger partial charge in [0.1, 0.15) is 0 Å². The molecule has 0 saturated carbocycles. The topological polar surface area (TPSA) is 3.24 Å². The van der Waals surface area contributed by atoms with E-state index in [0.717, 1.165) is 11.8 Å². The summed E-state index contributed by atoms with van der Waals surface area (Å²) in [7, 11) is 0. The molecule has 0 radical (unpaired) electrons. The molecule has 2 heterocycles. The molecule has 2 unspecified atom stereocenters. The Hall–Kier alpha value is -0.370. The molecule has 1 nitrogen and oxygen atoms in total. The van der Waals surface area contributed by atoms with Crippen molar-refractivity contribution in [1.29, 1.82) is 0 Å². The summed E-state index contributed by atoms with van der Waals surface area (Å²) < 4.78 is 0. The molecule has 0 bridgehead atoms. The Bertz CT molecular complexity index is 280. The van der Waals surface area contributed by atoms with Gasteiger partial charge in [-0.1, -0.05) is 13.5 Å². The van der Waals surface area contributed by atoms with Crippen molar-refractivity contribution in [3.8, 4) is 0 Å². The second kappa shape index (κ2) is 3.09. The van der Waals surface area contributed by atoms with Crippen molar-refractivity contribution in [3.05, 3.63) is 23.5 Å². The summed E-state index contributed by atoms with van der Waals surface area (Å²) in [6.45, 7) is 8.60. The molecular formula is C11H17NS. The van der Waals surface area contributed by atoms with Gasteiger partial charge in [-0.05, 0) is 25.3 Å². The van der Waals surface area contributed by atoms with E-state index in [1.165, 1.54) is 29.8 Å². The lowest BCUT2D eigenvalue weighted by atomic mass is 9.79. The maximum Gasteiger partial charge on any atom is 0.0418 e. The Labute approximate surface area is 85.9 Å². The van der Waals surface area contributed by atoms with Crippen molar-refractivity contribution in [2.24, 2.45) is 5.92 Å². The molecular weight excluding hydrogens is 178 g/mol. The van der Waals surface area contributed by atoms with Crippen LogP contribution in [0.15, 0.2) is 23.5 Å². The monoisotopic (exact) mass is 195 g/mol. The van der Waals surface area contributed by atoms with E-state index < -0.39 is 0 Å². The first-order valence-corrected chi connectivity index (χ1v) is 5.57. The normalized spacial score (nSPS) is 33.2. The summed E-state index contributed by atoms with van der Waals surface area (Å²) in [4.78, 5) is 2.40. The second-order valence-corrected chi connectivity index (χ2v) is 4.42. The van der Waals surface area contributed by atoms with Gasteiger partial charge in [0, 0.05) is 29.1 Å². The molecule has 0 spiro atoms. The molecule has 0 N–H and O–H groups in total. The van der Waals surface area contributed by atoms with E-state index in [-0.39, 0.29) is 0 Å². The molecule has 0 aromatic carbocycles. The SMILES string of the molecule is C=C1C(C)C2CCC(CS)=C(C)N12. The highest BCUT2D eigenvalue weighted by Gasteiger charge is 2.42. The minimum absolute atomic E-state index is 0.691. The average molecular weight is 195 g/mol. The first-order chi connectivity index (χ1) is 6.16. The van der Waals surface area contributed by atoms with Crippen LogP contribution < -0.4 is 0 Å². The Kier molecular flexibility index (Phi) is 2.18. The van der Waals surface area contributed by atoms with Crippen LogP contribution >= 0.6 is 12.6 Å². The van der Waals surface area contributed by atoms with Gasteiger partial charge in [-0.2, -0.15) is 12.6 Å². The lowest BCUT2D eigenvalue weighted by Gasteiger charge is -2.54. The van der Waals surface area contributed by atoms with E-state index in [1.807, 2.05) is 0 Å². The Balaban J connectivity index is 2.26. The van der Waals surface area contributed by atoms with Crippen LogP contribution in [0.3, 0.4) is 0 Å². The third-order valence-electron chi connectivity index (χ3n) is 3.55. The number of thiol groups is 1. The zero-order valence-corrected chi connectivity index (χ0v) is 9.27. The number of hydrogen-bond donors (Lipinski definition) is 1. The van der Waals surface area contributed by atoms with E-state index in [1.54, 1.807) is 0 Å². The molecule has 72 valence electrons. The maximum atomic E-state index is 4.36. The van der Waals surface area contributed by atoms with Crippen LogP contribution in [0.5, 0.6) is 0 Å². The molecule has 2 atom stereocenters. The quantitative estimate of drug-likeness (QED) is 0.630. The minimum Gasteiger partial charge on any atom is -0.345 e. The summed E-state index contributed by atoms with van der Waals surface area (Å²) in [6.07, 6.45) is 2.52. The van der Waals surface area contributed by atoms with Gasteiger partial charge in [0.05, 0.1) is 0 Å². The van der Waals surface area contributed by atoms with Gasteiger partial charge in [-0.3, -0.25) is 0 Å². The van der Waals surface area contributed by atoms with Crippen LogP contribution in [-0.2, 0) is 0 Å². The Morgan fingerprint density at radius 2 is 2.31 bits per heavy atom. The van der Waals surface area contributed by atoms with Crippen molar-refractivity contribution in [3.63, 3.8) is 0 Å². The zero-order valence-electron chi connectivity index (χ0n) is 8.38. The third-order valence-corrected chi connectivity index (χ3v) is 3.93. The van der Waals surface area contributed by atoms with E-state index in [2.05, 4.69) is 38.0 Å². The fourth-order valence-corrected chi connectivity index (χ4v) is 2.89. The second-order valence-electron chi connectivity index (χ2n) is 4.10. The largest absolute Gasteiger partial charge is 0.345 e. The van der Waals surface area contributed by atoms with Gasteiger partial charge in [0.15, 0.2) is 0 Å². The average Bonchev–Trinajstić information content (AvgIpc) is 2.16. The summed E-state index contributed by atoms with van der Waals surface area (Å²) in [5.41, 5.74) is 4.20. The lowest BCUT2D eigenvalue weighted by molar-refractivity contribution is 0.112. The molecule has 2 aliphatic rings. The van der Waals surface area contributed by atoms with Gasteiger partial charge in [-0.25, -0.2) is 0 Å². The standard InChI is InChI=1S/C11H17NS/c1-7-8(2)12-9(3)10(6-13)4-5-11(7)12/h7,11,13H,2,4-6H2,1,3H3. The molecule has 0 aromatic rings. The van der Waals surface area contributed by atoms with Crippen LogP contribution in [0.2, 0.25) is 0 Å². The van der Waals surface area contributed by atoms with Gasteiger partial charge < -0.3 is 4.90 Å². The smallest absolute Gasteiger partial charge is 0.0418 e. The Morgan fingerprint density at radius 1 is 1.62 bits per heavy atom. The van der Waals surface area contributed by atoms with Crippen LogP contribution in [0.4, 0.5) is 0 Å². The summed E-state index contributed by atoms with van der Waals surface area (Å²) in [5.74, 6) is 1.59. The predicted molar refractivity (Wildman–Crippen MR) is 59.7 cm³/mol. The fourth-order valence-electron chi connectivity index (χ4n) is 2.51. The molecule has 2 aliphatic heterocycles. The van der Waals surface area contributed by atoms with Crippen molar-refractivity contribution >= 4 is 12.6 Å². The van der Waals surface area contributed by atoms with Crippen LogP contribution in [0.1, 0.15) is 26.7 Å². The number of allylic oxidation sites excluding steroid dienone is 1. The molecule has 2 rings (SSSR count). The van der Waals surface area contributed by atoms with Gasteiger partial charge in [-0.15, -0.1) is 0 Å². The molecule has 0 aromatic heterocycles. The first kappa shape index (κ1) is 9.20. The zero-order chi connectivity index (χ0) is 9.59. The predicted octanol–water partition coefficient (Wildman–Crippen LogP) is 2.82. The highest BCUT2D eigenvalue weighted by Crippen LogP contribution is 2.45. The van der Waals surface area contributed by atoms with Gasteiger partial charge in [0.2, 0.25) is 0 Å². The first-order valence-electron chi connectivity index (χ1n) is 4.94. The van der Waals surface area contributed by atoms with E-state index in [9.17, 15) is 0 Å². The van der Waals surface area contributed by atoms with Crippen molar-refractivity contribution in [2.75, 3.05) is 5.75 Å². The molecule has 1 fully saturated rings. The minimum atomic E-state index is 0.691. The third kappa shape index (κ3) is 1.15.